The first-order valence-electron chi connectivity index (χ1n) is 4.61. The molecule has 1 N–H and O–H groups in total. The zero-order valence-corrected chi connectivity index (χ0v) is 8.92. The highest BCUT2D eigenvalue weighted by Crippen LogP contribution is 2.37. The molecule has 2 nitrogen and oxygen atoms in total. The molecule has 15 heavy (non-hydrogen) atoms. The Morgan fingerprint density at radius 3 is 2.40 bits per heavy atom. The van der Waals surface area contributed by atoms with Crippen molar-refractivity contribution < 1.29 is 18.6 Å². The van der Waals surface area contributed by atoms with E-state index in [0.29, 0.717) is 0 Å². The molecule has 0 aliphatic heterocycles. The third-order valence-corrected chi connectivity index (χ3v) is 2.18. The molecule has 0 amide bonds. The number of rotatable bonds is 3. The Balaban J connectivity index is 3.39. The molecule has 0 aliphatic carbocycles. The molecule has 0 fully saturated rings. The number of halogens is 2. The first kappa shape index (κ1) is 11.9. The van der Waals surface area contributed by atoms with Crippen LogP contribution in [-0.4, -0.2) is 12.2 Å². The Labute approximate surface area is 87.5 Å². The van der Waals surface area contributed by atoms with Gasteiger partial charge in [0, 0.05) is 18.1 Å². The van der Waals surface area contributed by atoms with E-state index in [-0.39, 0.29) is 16.9 Å². The van der Waals surface area contributed by atoms with Gasteiger partial charge < -0.3 is 9.84 Å². The van der Waals surface area contributed by atoms with E-state index in [1.807, 2.05) is 0 Å². The Kier molecular flexibility index (Phi) is 3.29. The quantitative estimate of drug-likeness (QED) is 0.841. The Morgan fingerprint density at radius 1 is 1.40 bits per heavy atom. The van der Waals surface area contributed by atoms with Crippen molar-refractivity contribution >= 4 is 0 Å². The number of hydrogen-bond acceptors (Lipinski definition) is 2. The first-order valence-corrected chi connectivity index (χ1v) is 4.61. The summed E-state index contributed by atoms with van der Waals surface area (Å²) in [6.07, 6.45) is -0.984. The molecular formula is C11H14F2O2. The highest BCUT2D eigenvalue weighted by molar-refractivity contribution is 5.43. The second kappa shape index (κ2) is 4.14. The molecule has 0 aliphatic rings. The average Bonchev–Trinajstić information content (AvgIpc) is 2.15. The summed E-state index contributed by atoms with van der Waals surface area (Å²) in [7, 11) is 1.39. The van der Waals surface area contributed by atoms with E-state index in [2.05, 4.69) is 0 Å². The minimum atomic E-state index is -2.99. The molecule has 0 heterocycles. The van der Waals surface area contributed by atoms with Gasteiger partial charge in [0.25, 0.3) is 5.92 Å². The van der Waals surface area contributed by atoms with Crippen LogP contribution in [0.1, 0.15) is 31.1 Å². The van der Waals surface area contributed by atoms with Gasteiger partial charge in [-0.3, -0.25) is 0 Å². The molecule has 0 bridgehead atoms. The van der Waals surface area contributed by atoms with Crippen LogP contribution in [0.25, 0.3) is 0 Å². The van der Waals surface area contributed by atoms with Gasteiger partial charge in [0.15, 0.2) is 0 Å². The van der Waals surface area contributed by atoms with Crippen LogP contribution in [0, 0.1) is 0 Å². The van der Waals surface area contributed by atoms with Crippen LogP contribution < -0.4 is 4.74 Å². The van der Waals surface area contributed by atoms with Crippen molar-refractivity contribution in [2.45, 2.75) is 25.9 Å². The normalized spacial score (nSPS) is 13.7. The lowest BCUT2D eigenvalue weighted by atomic mass is 9.98. The first-order chi connectivity index (χ1) is 6.88. The third kappa shape index (κ3) is 2.45. The van der Waals surface area contributed by atoms with Crippen molar-refractivity contribution in [2.24, 2.45) is 0 Å². The SMILES string of the molecule is COc1cccc(C(C)(F)F)c1C(C)O. The fourth-order valence-corrected chi connectivity index (χ4v) is 1.54. The summed E-state index contributed by atoms with van der Waals surface area (Å²) in [6, 6.07) is 4.33. The van der Waals surface area contributed by atoms with Crippen LogP contribution in [0.5, 0.6) is 5.75 Å². The fraction of sp³-hybridized carbons (Fsp3) is 0.455. The summed E-state index contributed by atoms with van der Waals surface area (Å²) >= 11 is 0. The third-order valence-electron chi connectivity index (χ3n) is 2.18. The molecule has 4 heteroatoms. The van der Waals surface area contributed by atoms with Crippen LogP contribution in [0.3, 0.4) is 0 Å². The maximum atomic E-state index is 13.2. The summed E-state index contributed by atoms with van der Waals surface area (Å²) < 4.78 is 31.4. The number of hydrogen-bond donors (Lipinski definition) is 1. The van der Waals surface area contributed by atoms with E-state index in [1.54, 1.807) is 6.07 Å². The largest absolute Gasteiger partial charge is 0.496 e. The molecule has 1 unspecified atom stereocenters. The number of alkyl halides is 2. The number of aliphatic hydroxyl groups excluding tert-OH is 1. The molecule has 1 atom stereocenters. The van der Waals surface area contributed by atoms with E-state index < -0.39 is 12.0 Å². The Hall–Kier alpha value is -1.16. The number of methoxy groups -OCH3 is 1. The minimum absolute atomic E-state index is 0.146. The maximum absolute atomic E-state index is 13.2. The van der Waals surface area contributed by atoms with E-state index in [4.69, 9.17) is 4.74 Å². The van der Waals surface area contributed by atoms with Gasteiger partial charge in [-0.15, -0.1) is 0 Å². The standard InChI is InChI=1S/C11H14F2O2/c1-7(14)10-8(11(2,12)13)5-4-6-9(10)15-3/h4-7,14H,1-3H3. The second-order valence-electron chi connectivity index (χ2n) is 3.49. The lowest BCUT2D eigenvalue weighted by Gasteiger charge is -2.20. The maximum Gasteiger partial charge on any atom is 0.271 e. The number of ether oxygens (including phenoxy) is 1. The molecule has 0 radical (unpaired) electrons. The zero-order valence-electron chi connectivity index (χ0n) is 8.92. The number of aliphatic hydroxyl groups is 1. The Bertz CT molecular complexity index is 343. The summed E-state index contributed by atoms with van der Waals surface area (Å²) in [6.45, 7) is 2.24. The van der Waals surface area contributed by atoms with Gasteiger partial charge in [-0.05, 0) is 13.0 Å². The van der Waals surface area contributed by atoms with Gasteiger partial charge in [-0.25, -0.2) is 8.78 Å². The summed E-state index contributed by atoms with van der Waals surface area (Å²) in [5.74, 6) is -2.70. The molecular weight excluding hydrogens is 202 g/mol. The number of benzene rings is 1. The van der Waals surface area contributed by atoms with Crippen LogP contribution in [0.2, 0.25) is 0 Å². The van der Waals surface area contributed by atoms with Crippen LogP contribution in [0.15, 0.2) is 18.2 Å². The lowest BCUT2D eigenvalue weighted by molar-refractivity contribution is 0.0137. The fourth-order valence-electron chi connectivity index (χ4n) is 1.54. The second-order valence-corrected chi connectivity index (χ2v) is 3.49. The minimum Gasteiger partial charge on any atom is -0.496 e. The molecule has 0 saturated heterocycles. The van der Waals surface area contributed by atoms with Gasteiger partial charge in [-0.2, -0.15) is 0 Å². The van der Waals surface area contributed by atoms with Gasteiger partial charge in [0.2, 0.25) is 0 Å². The monoisotopic (exact) mass is 216 g/mol. The van der Waals surface area contributed by atoms with Gasteiger partial charge in [0.05, 0.1) is 13.2 Å². The predicted molar refractivity (Wildman–Crippen MR) is 53.2 cm³/mol. The highest BCUT2D eigenvalue weighted by Gasteiger charge is 2.30. The van der Waals surface area contributed by atoms with Gasteiger partial charge in [-0.1, -0.05) is 12.1 Å². The molecule has 0 aromatic heterocycles. The predicted octanol–water partition coefficient (Wildman–Crippen LogP) is 2.86. The van der Waals surface area contributed by atoms with Crippen LogP contribution in [0.4, 0.5) is 8.78 Å². The lowest BCUT2D eigenvalue weighted by Crippen LogP contribution is -2.13. The van der Waals surface area contributed by atoms with Gasteiger partial charge in [0.1, 0.15) is 5.75 Å². The molecule has 1 aromatic carbocycles. The van der Waals surface area contributed by atoms with Crippen LogP contribution >= 0.6 is 0 Å². The van der Waals surface area contributed by atoms with Crippen molar-refractivity contribution in [3.8, 4) is 5.75 Å². The van der Waals surface area contributed by atoms with Gasteiger partial charge >= 0.3 is 0 Å². The van der Waals surface area contributed by atoms with Crippen molar-refractivity contribution in [3.63, 3.8) is 0 Å². The average molecular weight is 216 g/mol. The Morgan fingerprint density at radius 2 is 2.00 bits per heavy atom. The molecule has 84 valence electrons. The summed E-state index contributed by atoms with van der Waals surface area (Å²) in [5, 5.41) is 9.47. The van der Waals surface area contributed by atoms with Crippen molar-refractivity contribution in [1.29, 1.82) is 0 Å². The molecule has 0 saturated carbocycles. The van der Waals surface area contributed by atoms with E-state index in [0.717, 1.165) is 6.92 Å². The van der Waals surface area contributed by atoms with Crippen LogP contribution in [-0.2, 0) is 5.92 Å². The summed E-state index contributed by atoms with van der Waals surface area (Å²) in [4.78, 5) is 0. The van der Waals surface area contributed by atoms with E-state index >= 15 is 0 Å². The topological polar surface area (TPSA) is 29.5 Å². The highest BCUT2D eigenvalue weighted by atomic mass is 19.3. The molecule has 1 aromatic rings. The van der Waals surface area contributed by atoms with E-state index in [9.17, 15) is 13.9 Å². The van der Waals surface area contributed by atoms with Crippen molar-refractivity contribution in [3.05, 3.63) is 29.3 Å². The smallest absolute Gasteiger partial charge is 0.271 e. The molecule has 1 rings (SSSR count). The van der Waals surface area contributed by atoms with Crippen molar-refractivity contribution in [2.75, 3.05) is 7.11 Å². The zero-order chi connectivity index (χ0) is 11.6. The molecule has 0 spiro atoms. The van der Waals surface area contributed by atoms with Crippen molar-refractivity contribution in [1.82, 2.24) is 0 Å². The summed E-state index contributed by atoms with van der Waals surface area (Å²) in [5.41, 5.74) is -0.0515. The van der Waals surface area contributed by atoms with E-state index in [1.165, 1.54) is 26.2 Å².